The molecule has 1 aliphatic heterocycles. The number of nitrogens with zero attached hydrogens (tertiary/aromatic N) is 1. The lowest BCUT2D eigenvalue weighted by Gasteiger charge is -2.53. The van der Waals surface area contributed by atoms with Crippen molar-refractivity contribution in [3.63, 3.8) is 0 Å². The number of piperidine rings is 1. The number of alkyl halides is 3. The molecule has 1 saturated heterocycles. The highest BCUT2D eigenvalue weighted by atomic mass is 19.4. The molecule has 0 spiro atoms. The van der Waals surface area contributed by atoms with Crippen LogP contribution in [-0.2, 0) is 4.84 Å². The summed E-state index contributed by atoms with van der Waals surface area (Å²) in [5.74, 6) is -1.32. The van der Waals surface area contributed by atoms with Gasteiger partial charge >= 0.3 is 6.18 Å². The van der Waals surface area contributed by atoms with Crippen LogP contribution >= 0.6 is 0 Å². The average Bonchev–Trinajstić information content (AvgIpc) is 2.33. The van der Waals surface area contributed by atoms with Gasteiger partial charge in [0.2, 0.25) is 0 Å². The predicted molar refractivity (Wildman–Crippen MR) is 76.7 cm³/mol. The Bertz CT molecular complexity index is 349. The standard InChI is InChI=1S/C16H28F3NO/c1-14(2)10-7-11-15(3,4)20(14)21-13-9-6-5-8-12(13)16(17,18)19/h12-13H,5-11H2,1-4H3/t12-,13-/m0/s1. The van der Waals surface area contributed by atoms with Gasteiger partial charge in [0.15, 0.2) is 0 Å². The molecule has 0 amide bonds. The van der Waals surface area contributed by atoms with Crippen LogP contribution in [0.5, 0.6) is 0 Å². The highest BCUT2D eigenvalue weighted by molar-refractivity contribution is 4.94. The van der Waals surface area contributed by atoms with E-state index in [9.17, 15) is 13.2 Å². The van der Waals surface area contributed by atoms with Gasteiger partial charge in [0, 0.05) is 11.1 Å². The number of hydrogen-bond acceptors (Lipinski definition) is 2. The van der Waals surface area contributed by atoms with Crippen LogP contribution < -0.4 is 0 Å². The number of halogens is 3. The van der Waals surface area contributed by atoms with Gasteiger partial charge < -0.3 is 0 Å². The first-order valence-corrected chi connectivity index (χ1v) is 8.08. The van der Waals surface area contributed by atoms with E-state index in [1.807, 2.05) is 5.06 Å². The van der Waals surface area contributed by atoms with Gasteiger partial charge in [-0.1, -0.05) is 12.8 Å². The quantitative estimate of drug-likeness (QED) is 0.705. The van der Waals surface area contributed by atoms with E-state index in [0.29, 0.717) is 12.8 Å². The molecule has 0 bridgehead atoms. The largest absolute Gasteiger partial charge is 0.394 e. The molecule has 1 heterocycles. The van der Waals surface area contributed by atoms with E-state index in [-0.39, 0.29) is 17.5 Å². The van der Waals surface area contributed by atoms with Gasteiger partial charge in [-0.15, -0.1) is 0 Å². The summed E-state index contributed by atoms with van der Waals surface area (Å²) in [6, 6.07) is 0. The summed E-state index contributed by atoms with van der Waals surface area (Å²) >= 11 is 0. The molecule has 1 saturated carbocycles. The van der Waals surface area contributed by atoms with Crippen LogP contribution in [0.2, 0.25) is 0 Å². The van der Waals surface area contributed by atoms with Crippen molar-refractivity contribution in [2.45, 2.75) is 96.0 Å². The highest BCUT2D eigenvalue weighted by Crippen LogP contribution is 2.44. The molecule has 2 fully saturated rings. The molecular weight excluding hydrogens is 279 g/mol. The molecule has 2 nitrogen and oxygen atoms in total. The third-order valence-electron chi connectivity index (χ3n) is 5.04. The Hall–Kier alpha value is -0.290. The van der Waals surface area contributed by atoms with Crippen molar-refractivity contribution in [2.75, 3.05) is 0 Å². The van der Waals surface area contributed by atoms with Crippen molar-refractivity contribution in [2.24, 2.45) is 5.92 Å². The molecule has 0 aromatic heterocycles. The van der Waals surface area contributed by atoms with E-state index < -0.39 is 18.2 Å². The van der Waals surface area contributed by atoms with E-state index in [2.05, 4.69) is 27.7 Å². The highest BCUT2D eigenvalue weighted by Gasteiger charge is 2.50. The Kier molecular flexibility index (Phi) is 4.66. The van der Waals surface area contributed by atoms with Gasteiger partial charge in [0.25, 0.3) is 0 Å². The number of rotatable bonds is 2. The lowest BCUT2D eigenvalue weighted by molar-refractivity contribution is -0.336. The second-order valence-corrected chi connectivity index (χ2v) is 7.85. The summed E-state index contributed by atoms with van der Waals surface area (Å²) in [5.41, 5.74) is -0.426. The predicted octanol–water partition coefficient (Wildman–Crippen LogP) is 5.08. The van der Waals surface area contributed by atoms with Gasteiger partial charge in [-0.25, -0.2) is 0 Å². The van der Waals surface area contributed by atoms with Crippen molar-refractivity contribution in [3.8, 4) is 0 Å². The first kappa shape index (κ1) is 17.1. The molecule has 2 atom stereocenters. The Morgan fingerprint density at radius 1 is 0.905 bits per heavy atom. The van der Waals surface area contributed by atoms with Crippen LogP contribution in [0.15, 0.2) is 0 Å². The fourth-order valence-corrected chi connectivity index (χ4v) is 3.99. The third kappa shape index (κ3) is 3.73. The van der Waals surface area contributed by atoms with Crippen LogP contribution in [0, 0.1) is 5.92 Å². The van der Waals surface area contributed by atoms with Crippen molar-refractivity contribution < 1.29 is 18.0 Å². The molecule has 2 rings (SSSR count). The lowest BCUT2D eigenvalue weighted by Crippen LogP contribution is -2.60. The summed E-state index contributed by atoms with van der Waals surface area (Å²) in [4.78, 5) is 6.02. The lowest BCUT2D eigenvalue weighted by atomic mass is 9.82. The number of hydrogen-bond donors (Lipinski definition) is 0. The zero-order chi connectivity index (χ0) is 15.9. The Morgan fingerprint density at radius 3 is 1.95 bits per heavy atom. The van der Waals surface area contributed by atoms with E-state index in [4.69, 9.17) is 4.84 Å². The van der Waals surface area contributed by atoms with Gasteiger partial charge in [-0.05, 0) is 59.8 Å². The van der Waals surface area contributed by atoms with Crippen molar-refractivity contribution in [1.82, 2.24) is 5.06 Å². The first-order chi connectivity index (χ1) is 9.54. The fourth-order valence-electron chi connectivity index (χ4n) is 3.99. The molecule has 0 radical (unpaired) electrons. The Labute approximate surface area is 126 Å². The minimum absolute atomic E-state index is 0.197. The Balaban J connectivity index is 2.17. The van der Waals surface area contributed by atoms with Crippen molar-refractivity contribution in [1.29, 1.82) is 0 Å². The Morgan fingerprint density at radius 2 is 1.43 bits per heavy atom. The topological polar surface area (TPSA) is 12.5 Å². The van der Waals surface area contributed by atoms with E-state index in [0.717, 1.165) is 25.7 Å². The molecule has 0 unspecified atom stereocenters. The number of hydroxylamine groups is 2. The molecule has 2 aliphatic rings. The SMILES string of the molecule is CC1(C)CCCC(C)(C)N1O[C@H]1CCCC[C@@H]1C(F)(F)F. The van der Waals surface area contributed by atoms with Crippen LogP contribution in [0.1, 0.15) is 72.6 Å². The van der Waals surface area contributed by atoms with Gasteiger partial charge in [-0.2, -0.15) is 18.2 Å². The maximum absolute atomic E-state index is 13.2. The van der Waals surface area contributed by atoms with Crippen LogP contribution in [0.3, 0.4) is 0 Å². The smallest absolute Gasteiger partial charge is 0.294 e. The maximum Gasteiger partial charge on any atom is 0.394 e. The molecule has 0 aromatic rings. The van der Waals surface area contributed by atoms with Gasteiger partial charge in [-0.3, -0.25) is 4.84 Å². The first-order valence-electron chi connectivity index (χ1n) is 8.08. The summed E-state index contributed by atoms with van der Waals surface area (Å²) in [5, 5.41) is 1.87. The van der Waals surface area contributed by atoms with Crippen molar-refractivity contribution >= 4 is 0 Å². The molecule has 5 heteroatoms. The van der Waals surface area contributed by atoms with E-state index >= 15 is 0 Å². The average molecular weight is 307 g/mol. The minimum Gasteiger partial charge on any atom is -0.294 e. The summed E-state index contributed by atoms with van der Waals surface area (Å²) in [7, 11) is 0. The second kappa shape index (κ2) is 5.73. The van der Waals surface area contributed by atoms with Crippen LogP contribution in [0.4, 0.5) is 13.2 Å². The summed E-state index contributed by atoms with van der Waals surface area (Å²) < 4.78 is 39.7. The summed E-state index contributed by atoms with van der Waals surface area (Å²) in [6.45, 7) is 8.28. The molecule has 21 heavy (non-hydrogen) atoms. The van der Waals surface area contributed by atoms with Gasteiger partial charge in [0.05, 0.1) is 12.0 Å². The molecule has 1 aliphatic carbocycles. The maximum atomic E-state index is 13.2. The zero-order valence-corrected chi connectivity index (χ0v) is 13.6. The van der Waals surface area contributed by atoms with Gasteiger partial charge in [0.1, 0.15) is 0 Å². The monoisotopic (exact) mass is 307 g/mol. The van der Waals surface area contributed by atoms with E-state index in [1.165, 1.54) is 0 Å². The molecular formula is C16H28F3NO. The van der Waals surface area contributed by atoms with Crippen LogP contribution in [-0.4, -0.2) is 28.4 Å². The molecule has 0 N–H and O–H groups in total. The second-order valence-electron chi connectivity index (χ2n) is 7.85. The third-order valence-corrected chi connectivity index (χ3v) is 5.04. The molecule has 0 aromatic carbocycles. The van der Waals surface area contributed by atoms with Crippen LogP contribution in [0.25, 0.3) is 0 Å². The normalized spacial score (nSPS) is 33.9. The molecule has 124 valence electrons. The van der Waals surface area contributed by atoms with Crippen molar-refractivity contribution in [3.05, 3.63) is 0 Å². The zero-order valence-electron chi connectivity index (χ0n) is 13.6. The minimum atomic E-state index is -4.16. The van der Waals surface area contributed by atoms with E-state index in [1.54, 1.807) is 0 Å². The fraction of sp³-hybridized carbons (Fsp3) is 1.00. The summed E-state index contributed by atoms with van der Waals surface area (Å²) in [6.07, 6.45) is 0.302.